The highest BCUT2D eigenvalue weighted by Gasteiger charge is 2.25. The Morgan fingerprint density at radius 1 is 1.11 bits per heavy atom. The number of hydrogen-bond acceptors (Lipinski definition) is 1. The van der Waals surface area contributed by atoms with E-state index in [2.05, 4.69) is 62.3 Å². The van der Waals surface area contributed by atoms with Gasteiger partial charge in [-0.05, 0) is 67.8 Å². The molecule has 1 aromatic rings. The summed E-state index contributed by atoms with van der Waals surface area (Å²) < 4.78 is 2.25. The van der Waals surface area contributed by atoms with Crippen LogP contribution in [0, 0.1) is 5.41 Å². The van der Waals surface area contributed by atoms with E-state index in [0.29, 0.717) is 5.41 Å². The Morgan fingerprint density at radius 3 is 2.50 bits per heavy atom. The van der Waals surface area contributed by atoms with Gasteiger partial charge in [0.25, 0.3) is 0 Å². The molecule has 0 unspecified atom stereocenters. The maximum Gasteiger partial charge on any atom is 0.0320 e. The van der Waals surface area contributed by atoms with Gasteiger partial charge in [0.2, 0.25) is 0 Å². The van der Waals surface area contributed by atoms with Crippen molar-refractivity contribution in [3.63, 3.8) is 0 Å². The summed E-state index contributed by atoms with van der Waals surface area (Å²) in [7, 11) is 0. The van der Waals surface area contributed by atoms with Gasteiger partial charge in [0.1, 0.15) is 0 Å². The lowest BCUT2D eigenvalue weighted by molar-refractivity contribution is 0.207. The van der Waals surface area contributed by atoms with Crippen LogP contribution in [0.25, 0.3) is 0 Å². The molecule has 0 saturated heterocycles. The lowest BCUT2D eigenvalue weighted by Gasteiger charge is -2.33. The van der Waals surface area contributed by atoms with Gasteiger partial charge in [-0.3, -0.25) is 0 Å². The van der Waals surface area contributed by atoms with Crippen molar-refractivity contribution in [1.29, 1.82) is 0 Å². The Bertz CT molecular complexity index is 397. The zero-order valence-corrected chi connectivity index (χ0v) is 14.1. The van der Waals surface area contributed by atoms with Gasteiger partial charge < -0.3 is 5.32 Å². The second-order valence-corrected chi connectivity index (χ2v) is 7.43. The predicted octanol–water partition coefficient (Wildman–Crippen LogP) is 5.27. The second-order valence-electron chi connectivity index (χ2n) is 5.72. The van der Waals surface area contributed by atoms with Crippen LogP contribution in [0.2, 0.25) is 0 Å². The van der Waals surface area contributed by atoms with Crippen LogP contribution in [0.15, 0.2) is 27.1 Å². The fourth-order valence-electron chi connectivity index (χ4n) is 2.74. The Balaban J connectivity index is 1.82. The van der Waals surface area contributed by atoms with E-state index in [9.17, 15) is 0 Å². The van der Waals surface area contributed by atoms with Crippen LogP contribution in [-0.4, -0.2) is 6.54 Å². The van der Waals surface area contributed by atoms with Crippen LogP contribution in [0.5, 0.6) is 0 Å². The largest absolute Gasteiger partial charge is 0.312 e. The molecule has 0 atom stereocenters. The summed E-state index contributed by atoms with van der Waals surface area (Å²) >= 11 is 7.05. The zero-order valence-electron chi connectivity index (χ0n) is 10.9. The van der Waals surface area contributed by atoms with Crippen molar-refractivity contribution in [2.24, 2.45) is 5.41 Å². The van der Waals surface area contributed by atoms with Crippen molar-refractivity contribution in [1.82, 2.24) is 5.32 Å². The molecule has 1 aliphatic carbocycles. The number of halogens is 2. The van der Waals surface area contributed by atoms with E-state index in [0.717, 1.165) is 22.0 Å². The van der Waals surface area contributed by atoms with E-state index in [-0.39, 0.29) is 0 Å². The average Bonchev–Trinajstić information content (AvgIpc) is 2.34. The molecule has 1 nitrogen and oxygen atoms in total. The molecule has 0 aliphatic heterocycles. The molecule has 0 bridgehead atoms. The first-order valence-electron chi connectivity index (χ1n) is 6.74. The van der Waals surface area contributed by atoms with E-state index >= 15 is 0 Å². The molecule has 0 heterocycles. The van der Waals surface area contributed by atoms with Gasteiger partial charge in [0.05, 0.1) is 0 Å². The van der Waals surface area contributed by atoms with E-state index < -0.39 is 0 Å². The van der Waals surface area contributed by atoms with Crippen molar-refractivity contribution in [2.45, 2.75) is 45.6 Å². The van der Waals surface area contributed by atoms with Gasteiger partial charge in [-0.25, -0.2) is 0 Å². The van der Waals surface area contributed by atoms with Crippen molar-refractivity contribution in [3.8, 4) is 0 Å². The summed E-state index contributed by atoms with van der Waals surface area (Å²) in [5, 5.41) is 3.62. The quantitative estimate of drug-likeness (QED) is 0.756. The SMILES string of the molecule is CC1(CNCc2ccc(Br)c(Br)c2)CCCCC1. The van der Waals surface area contributed by atoms with E-state index in [1.165, 1.54) is 37.7 Å². The van der Waals surface area contributed by atoms with Crippen LogP contribution in [-0.2, 0) is 6.54 Å². The average molecular weight is 375 g/mol. The van der Waals surface area contributed by atoms with E-state index in [4.69, 9.17) is 0 Å². The highest BCUT2D eigenvalue weighted by molar-refractivity contribution is 9.13. The monoisotopic (exact) mass is 373 g/mol. The van der Waals surface area contributed by atoms with E-state index in [1.54, 1.807) is 0 Å². The molecule has 0 amide bonds. The van der Waals surface area contributed by atoms with Crippen molar-refractivity contribution in [2.75, 3.05) is 6.54 Å². The summed E-state index contributed by atoms with van der Waals surface area (Å²) in [5.74, 6) is 0. The van der Waals surface area contributed by atoms with Gasteiger partial charge in [-0.2, -0.15) is 0 Å². The van der Waals surface area contributed by atoms with Gasteiger partial charge in [-0.15, -0.1) is 0 Å². The summed E-state index contributed by atoms with van der Waals surface area (Å²) in [6.45, 7) is 4.53. The van der Waals surface area contributed by atoms with Crippen LogP contribution >= 0.6 is 31.9 Å². The van der Waals surface area contributed by atoms with Gasteiger partial charge in [0.15, 0.2) is 0 Å². The molecule has 2 rings (SSSR count). The fraction of sp³-hybridized carbons (Fsp3) is 0.600. The minimum absolute atomic E-state index is 0.519. The van der Waals surface area contributed by atoms with Gasteiger partial charge >= 0.3 is 0 Å². The topological polar surface area (TPSA) is 12.0 Å². The molecule has 1 aromatic carbocycles. The molecule has 0 aromatic heterocycles. The van der Waals surface area contributed by atoms with Crippen molar-refractivity contribution >= 4 is 31.9 Å². The molecule has 1 N–H and O–H groups in total. The fourth-order valence-corrected chi connectivity index (χ4v) is 3.41. The van der Waals surface area contributed by atoms with Crippen LogP contribution in [0.4, 0.5) is 0 Å². The van der Waals surface area contributed by atoms with Crippen LogP contribution < -0.4 is 5.32 Å². The number of benzene rings is 1. The standard InChI is InChI=1S/C15H21Br2N/c1-15(7-3-2-4-8-15)11-18-10-12-5-6-13(16)14(17)9-12/h5-6,9,18H,2-4,7-8,10-11H2,1H3. The zero-order chi connectivity index (χ0) is 13.0. The number of nitrogens with one attached hydrogen (secondary N) is 1. The Morgan fingerprint density at radius 2 is 1.83 bits per heavy atom. The second kappa shape index (κ2) is 6.53. The smallest absolute Gasteiger partial charge is 0.0320 e. The molecule has 1 saturated carbocycles. The third-order valence-corrected chi connectivity index (χ3v) is 5.81. The highest BCUT2D eigenvalue weighted by Crippen LogP contribution is 2.35. The first-order valence-corrected chi connectivity index (χ1v) is 8.32. The molecule has 1 aliphatic rings. The van der Waals surface area contributed by atoms with Crippen LogP contribution in [0.3, 0.4) is 0 Å². The first-order chi connectivity index (χ1) is 8.59. The minimum Gasteiger partial charge on any atom is -0.312 e. The molecule has 100 valence electrons. The molecule has 18 heavy (non-hydrogen) atoms. The Kier molecular flexibility index (Phi) is 5.28. The van der Waals surface area contributed by atoms with Crippen molar-refractivity contribution < 1.29 is 0 Å². The van der Waals surface area contributed by atoms with Crippen molar-refractivity contribution in [3.05, 3.63) is 32.7 Å². The van der Waals surface area contributed by atoms with E-state index in [1.807, 2.05) is 0 Å². The highest BCUT2D eigenvalue weighted by atomic mass is 79.9. The Labute approximate surface area is 127 Å². The molecule has 0 radical (unpaired) electrons. The maximum absolute atomic E-state index is 3.62. The Hall–Kier alpha value is 0.140. The summed E-state index contributed by atoms with van der Waals surface area (Å²) in [5.41, 5.74) is 1.86. The lowest BCUT2D eigenvalue weighted by Crippen LogP contribution is -2.33. The van der Waals surface area contributed by atoms with Crippen LogP contribution in [0.1, 0.15) is 44.6 Å². The summed E-state index contributed by atoms with van der Waals surface area (Å²) in [6.07, 6.45) is 6.99. The summed E-state index contributed by atoms with van der Waals surface area (Å²) in [6, 6.07) is 6.45. The number of hydrogen-bond donors (Lipinski definition) is 1. The lowest BCUT2D eigenvalue weighted by atomic mass is 9.76. The molecule has 3 heteroatoms. The van der Waals surface area contributed by atoms with Gasteiger partial charge in [-0.1, -0.05) is 32.3 Å². The maximum atomic E-state index is 3.62. The molecular formula is C15H21Br2N. The normalized spacial score (nSPS) is 18.8. The molecular weight excluding hydrogens is 354 g/mol. The number of rotatable bonds is 4. The third kappa shape index (κ3) is 4.07. The predicted molar refractivity (Wildman–Crippen MR) is 84.7 cm³/mol. The summed E-state index contributed by atoms with van der Waals surface area (Å²) in [4.78, 5) is 0. The first kappa shape index (κ1) is 14.5. The van der Waals surface area contributed by atoms with Gasteiger partial charge in [0, 0.05) is 22.0 Å². The third-order valence-electron chi connectivity index (χ3n) is 3.93. The molecule has 1 fully saturated rings. The minimum atomic E-state index is 0.519. The molecule has 0 spiro atoms.